The van der Waals surface area contributed by atoms with Crippen LogP contribution >= 0.6 is 35.7 Å². The van der Waals surface area contributed by atoms with E-state index in [0.29, 0.717) is 6.04 Å². The average molecular weight is 371 g/mol. The predicted octanol–water partition coefficient (Wildman–Crippen LogP) is 2.71. The highest BCUT2D eigenvalue weighted by Crippen LogP contribution is 2.28. The Hall–Kier alpha value is 0.350. The van der Waals surface area contributed by atoms with Gasteiger partial charge in [-0.15, -0.1) is 24.0 Å². The number of aliphatic imine (C=N–C) groups is 1. The van der Waals surface area contributed by atoms with Crippen molar-refractivity contribution >= 4 is 41.7 Å². The summed E-state index contributed by atoms with van der Waals surface area (Å²) in [5, 5.41) is 6.77. The maximum absolute atomic E-state index is 4.64. The number of halogens is 1. The van der Waals surface area contributed by atoms with E-state index in [2.05, 4.69) is 49.6 Å². The maximum Gasteiger partial charge on any atom is 0.191 e. The maximum atomic E-state index is 4.64. The van der Waals surface area contributed by atoms with Crippen molar-refractivity contribution in [1.82, 2.24) is 10.6 Å². The van der Waals surface area contributed by atoms with Gasteiger partial charge in [-0.2, -0.15) is 11.8 Å². The minimum atomic E-state index is 0. The van der Waals surface area contributed by atoms with E-state index >= 15 is 0 Å². The molecule has 0 radical (unpaired) electrons. The fourth-order valence-electron chi connectivity index (χ4n) is 1.35. The lowest BCUT2D eigenvalue weighted by atomic mass is 10.2. The summed E-state index contributed by atoms with van der Waals surface area (Å²) in [5.74, 6) is 1.77. The molecule has 1 aliphatic carbocycles. The van der Waals surface area contributed by atoms with E-state index in [1.54, 1.807) is 0 Å². The van der Waals surface area contributed by atoms with E-state index < -0.39 is 0 Å². The van der Waals surface area contributed by atoms with E-state index in [4.69, 9.17) is 0 Å². The van der Waals surface area contributed by atoms with Gasteiger partial charge < -0.3 is 10.6 Å². The number of hydrogen-bond donors (Lipinski definition) is 2. The molecular formula is C12H26IN3S. The van der Waals surface area contributed by atoms with E-state index in [9.17, 15) is 0 Å². The first kappa shape index (κ1) is 17.4. The molecule has 2 N–H and O–H groups in total. The van der Waals surface area contributed by atoms with Crippen LogP contribution < -0.4 is 10.6 Å². The Morgan fingerprint density at radius 3 is 2.47 bits per heavy atom. The fourth-order valence-corrected chi connectivity index (χ4v) is 1.55. The van der Waals surface area contributed by atoms with Gasteiger partial charge >= 0.3 is 0 Å². The first-order chi connectivity index (χ1) is 7.48. The lowest BCUT2D eigenvalue weighted by molar-refractivity contribution is 0.705. The van der Waals surface area contributed by atoms with Gasteiger partial charge in [0.2, 0.25) is 0 Å². The monoisotopic (exact) mass is 371 g/mol. The Morgan fingerprint density at radius 2 is 2.06 bits per heavy atom. The molecule has 5 heteroatoms. The van der Waals surface area contributed by atoms with Crippen LogP contribution in [0.1, 0.15) is 34.1 Å². The van der Waals surface area contributed by atoms with Gasteiger partial charge in [0.25, 0.3) is 0 Å². The molecule has 0 aromatic heterocycles. The molecule has 102 valence electrons. The minimum absolute atomic E-state index is 0. The molecule has 1 aliphatic rings. The zero-order valence-electron chi connectivity index (χ0n) is 11.5. The first-order valence-corrected chi connectivity index (χ1v) is 7.31. The summed E-state index contributed by atoms with van der Waals surface area (Å²) < 4.78 is 0.220. The van der Waals surface area contributed by atoms with E-state index in [1.165, 1.54) is 6.42 Å². The largest absolute Gasteiger partial charge is 0.357 e. The molecule has 0 spiro atoms. The molecule has 0 amide bonds. The van der Waals surface area contributed by atoms with Gasteiger partial charge in [-0.05, 0) is 39.4 Å². The standard InChI is InChI=1S/C12H25N3S.HI/c1-6-13-11(15-10-7-9(10)2)14-8-12(3,4)16-5;/h9-10H,6-8H2,1-5H3,(H2,13,14,15);1H. The van der Waals surface area contributed by atoms with Crippen molar-refractivity contribution in [3.05, 3.63) is 0 Å². The van der Waals surface area contributed by atoms with E-state index in [0.717, 1.165) is 25.0 Å². The van der Waals surface area contributed by atoms with Crippen LogP contribution in [0.5, 0.6) is 0 Å². The molecule has 0 heterocycles. The highest BCUT2D eigenvalue weighted by Gasteiger charge is 2.33. The average Bonchev–Trinajstić information content (AvgIpc) is 2.91. The van der Waals surface area contributed by atoms with Crippen molar-refractivity contribution in [2.45, 2.75) is 44.9 Å². The highest BCUT2D eigenvalue weighted by atomic mass is 127. The molecule has 17 heavy (non-hydrogen) atoms. The van der Waals surface area contributed by atoms with Crippen LogP contribution in [0.3, 0.4) is 0 Å². The molecule has 1 saturated carbocycles. The second-order valence-electron chi connectivity index (χ2n) is 5.12. The molecule has 0 aromatic carbocycles. The van der Waals surface area contributed by atoms with Gasteiger partial charge in [0.15, 0.2) is 5.96 Å². The van der Waals surface area contributed by atoms with Gasteiger partial charge in [-0.3, -0.25) is 4.99 Å². The van der Waals surface area contributed by atoms with Gasteiger partial charge in [0, 0.05) is 17.3 Å². The molecule has 2 unspecified atom stereocenters. The molecule has 0 bridgehead atoms. The molecule has 1 rings (SSSR count). The van der Waals surface area contributed by atoms with Crippen LogP contribution in [0.15, 0.2) is 4.99 Å². The second kappa shape index (κ2) is 7.71. The lowest BCUT2D eigenvalue weighted by Gasteiger charge is -2.20. The number of rotatable bonds is 5. The van der Waals surface area contributed by atoms with Gasteiger partial charge in [-0.25, -0.2) is 0 Å². The van der Waals surface area contributed by atoms with Crippen LogP contribution in [0, 0.1) is 5.92 Å². The third kappa shape index (κ3) is 6.74. The van der Waals surface area contributed by atoms with E-state index in [1.807, 2.05) is 11.8 Å². The summed E-state index contributed by atoms with van der Waals surface area (Å²) in [7, 11) is 0. The van der Waals surface area contributed by atoms with Crippen molar-refractivity contribution in [3.63, 3.8) is 0 Å². The van der Waals surface area contributed by atoms with Crippen LogP contribution in [0.4, 0.5) is 0 Å². The van der Waals surface area contributed by atoms with Gasteiger partial charge in [0.05, 0.1) is 6.54 Å². The number of nitrogens with one attached hydrogen (secondary N) is 2. The number of thioether (sulfide) groups is 1. The SMILES string of the molecule is CCNC(=NCC(C)(C)SC)NC1CC1C.I. The summed E-state index contributed by atoms with van der Waals surface area (Å²) in [4.78, 5) is 4.64. The Labute approximate surface area is 127 Å². The zero-order valence-corrected chi connectivity index (χ0v) is 14.7. The van der Waals surface area contributed by atoms with Crippen molar-refractivity contribution in [2.75, 3.05) is 19.3 Å². The third-order valence-electron chi connectivity index (χ3n) is 2.95. The summed E-state index contributed by atoms with van der Waals surface area (Å²) in [6.45, 7) is 10.6. The summed E-state index contributed by atoms with van der Waals surface area (Å²) in [5.41, 5.74) is 0. The smallest absolute Gasteiger partial charge is 0.191 e. The highest BCUT2D eigenvalue weighted by molar-refractivity contribution is 14.0. The van der Waals surface area contributed by atoms with Crippen LogP contribution in [-0.2, 0) is 0 Å². The van der Waals surface area contributed by atoms with Gasteiger partial charge in [-0.1, -0.05) is 6.92 Å². The molecule has 0 saturated heterocycles. The first-order valence-electron chi connectivity index (χ1n) is 6.08. The fraction of sp³-hybridized carbons (Fsp3) is 0.917. The van der Waals surface area contributed by atoms with Crippen molar-refractivity contribution in [2.24, 2.45) is 10.9 Å². The second-order valence-corrected chi connectivity index (χ2v) is 6.64. The van der Waals surface area contributed by atoms with Crippen molar-refractivity contribution < 1.29 is 0 Å². The summed E-state index contributed by atoms with van der Waals surface area (Å²) >= 11 is 1.86. The van der Waals surface area contributed by atoms with Crippen LogP contribution in [0.25, 0.3) is 0 Å². The molecule has 0 aliphatic heterocycles. The molecule has 2 atom stereocenters. The molecule has 1 fully saturated rings. The normalized spacial score (nSPS) is 23.9. The Morgan fingerprint density at radius 1 is 1.47 bits per heavy atom. The van der Waals surface area contributed by atoms with E-state index in [-0.39, 0.29) is 28.7 Å². The Kier molecular flexibility index (Phi) is 7.87. The minimum Gasteiger partial charge on any atom is -0.357 e. The Balaban J connectivity index is 0.00000256. The molecule has 0 aromatic rings. The zero-order chi connectivity index (χ0) is 12.2. The number of guanidine groups is 1. The Bertz CT molecular complexity index is 256. The van der Waals surface area contributed by atoms with Crippen molar-refractivity contribution in [3.8, 4) is 0 Å². The van der Waals surface area contributed by atoms with Crippen LogP contribution in [-0.4, -0.2) is 36.1 Å². The quantitative estimate of drug-likeness (QED) is 0.443. The summed E-state index contributed by atoms with van der Waals surface area (Å²) in [6.07, 6.45) is 3.41. The number of hydrogen-bond acceptors (Lipinski definition) is 2. The molecule has 3 nitrogen and oxygen atoms in total. The van der Waals surface area contributed by atoms with Crippen molar-refractivity contribution in [1.29, 1.82) is 0 Å². The number of nitrogens with zero attached hydrogens (tertiary/aromatic N) is 1. The third-order valence-corrected chi connectivity index (χ3v) is 4.18. The molecular weight excluding hydrogens is 345 g/mol. The predicted molar refractivity (Wildman–Crippen MR) is 89.7 cm³/mol. The van der Waals surface area contributed by atoms with Gasteiger partial charge in [0.1, 0.15) is 0 Å². The van der Waals surface area contributed by atoms with Crippen LogP contribution in [0.2, 0.25) is 0 Å². The topological polar surface area (TPSA) is 36.4 Å². The summed E-state index contributed by atoms with van der Waals surface area (Å²) in [6, 6.07) is 0.634. The lowest BCUT2D eigenvalue weighted by Crippen LogP contribution is -2.40.